The number of nitrogens with one attached hydrogen (secondary N) is 1. The summed E-state index contributed by atoms with van der Waals surface area (Å²) in [6, 6.07) is 11.9. The number of carbonyl (C=O) groups is 1. The lowest BCUT2D eigenvalue weighted by atomic mass is 10.1. The molecule has 144 valence electrons. The van der Waals surface area contributed by atoms with E-state index >= 15 is 0 Å². The Kier molecular flexibility index (Phi) is 6.79. The van der Waals surface area contributed by atoms with Crippen LogP contribution in [0, 0.1) is 0 Å². The highest BCUT2D eigenvalue weighted by Crippen LogP contribution is 2.19. The smallest absolute Gasteiger partial charge is 0.241 e. The van der Waals surface area contributed by atoms with Crippen LogP contribution in [-0.2, 0) is 16.0 Å². The molecule has 6 nitrogen and oxygen atoms in total. The third kappa shape index (κ3) is 5.52. The summed E-state index contributed by atoms with van der Waals surface area (Å²) in [6.45, 7) is 6.10. The molecule has 1 fully saturated rings. The summed E-state index contributed by atoms with van der Waals surface area (Å²) in [5.41, 5.74) is 3.22. The largest absolute Gasteiger partial charge is 0.378 e. The number of aromatic nitrogens is 1. The number of benzene rings is 1. The highest BCUT2D eigenvalue weighted by Gasteiger charge is 2.18. The van der Waals surface area contributed by atoms with Gasteiger partial charge in [-0.25, -0.2) is 0 Å². The third-order valence-electron chi connectivity index (χ3n) is 5.05. The van der Waals surface area contributed by atoms with Gasteiger partial charge in [0.05, 0.1) is 19.3 Å². The second-order valence-corrected chi connectivity index (χ2v) is 6.90. The molecule has 1 aliphatic rings. The SMILES string of the molecule is C[C@H](C(=O)Nc1ccc(N2CCOCC2)cc1)N(C)CCc1ccncc1. The molecule has 1 saturated heterocycles. The number of amides is 1. The van der Waals surface area contributed by atoms with Crippen LogP contribution in [0.4, 0.5) is 11.4 Å². The molecule has 0 unspecified atom stereocenters. The van der Waals surface area contributed by atoms with E-state index in [-0.39, 0.29) is 11.9 Å². The second-order valence-electron chi connectivity index (χ2n) is 6.90. The van der Waals surface area contributed by atoms with Gasteiger partial charge in [0.1, 0.15) is 0 Å². The first kappa shape index (κ1) is 19.3. The van der Waals surface area contributed by atoms with Crippen molar-refractivity contribution < 1.29 is 9.53 Å². The Morgan fingerprint density at radius 1 is 1.19 bits per heavy atom. The average Bonchev–Trinajstić information content (AvgIpc) is 2.73. The van der Waals surface area contributed by atoms with Crippen LogP contribution in [0.1, 0.15) is 12.5 Å². The molecule has 1 aromatic carbocycles. The van der Waals surface area contributed by atoms with Crippen molar-refractivity contribution in [1.82, 2.24) is 9.88 Å². The Labute approximate surface area is 161 Å². The minimum absolute atomic E-state index is 0.00588. The minimum Gasteiger partial charge on any atom is -0.378 e. The molecule has 2 aromatic rings. The van der Waals surface area contributed by atoms with Gasteiger partial charge in [-0.15, -0.1) is 0 Å². The first-order chi connectivity index (χ1) is 13.1. The van der Waals surface area contributed by atoms with Crippen LogP contribution < -0.4 is 10.2 Å². The quantitative estimate of drug-likeness (QED) is 0.813. The van der Waals surface area contributed by atoms with Gasteiger partial charge < -0.3 is 15.0 Å². The van der Waals surface area contributed by atoms with Crippen molar-refractivity contribution >= 4 is 17.3 Å². The van der Waals surface area contributed by atoms with E-state index in [9.17, 15) is 4.79 Å². The van der Waals surface area contributed by atoms with Crippen LogP contribution in [0.15, 0.2) is 48.8 Å². The van der Waals surface area contributed by atoms with E-state index in [1.165, 1.54) is 11.3 Å². The van der Waals surface area contributed by atoms with Crippen molar-refractivity contribution in [2.75, 3.05) is 50.1 Å². The number of anilines is 2. The lowest BCUT2D eigenvalue weighted by molar-refractivity contribution is -0.120. The van der Waals surface area contributed by atoms with Gasteiger partial charge in [0.25, 0.3) is 0 Å². The maximum Gasteiger partial charge on any atom is 0.241 e. The molecule has 0 bridgehead atoms. The Morgan fingerprint density at radius 2 is 1.85 bits per heavy atom. The van der Waals surface area contributed by atoms with Gasteiger partial charge in [-0.3, -0.25) is 14.7 Å². The summed E-state index contributed by atoms with van der Waals surface area (Å²) in [7, 11) is 1.98. The fourth-order valence-electron chi connectivity index (χ4n) is 3.07. The van der Waals surface area contributed by atoms with Crippen LogP contribution >= 0.6 is 0 Å². The number of nitrogens with zero attached hydrogens (tertiary/aromatic N) is 3. The van der Waals surface area contributed by atoms with E-state index in [4.69, 9.17) is 4.74 Å². The van der Waals surface area contributed by atoms with Gasteiger partial charge in [-0.1, -0.05) is 0 Å². The first-order valence-corrected chi connectivity index (χ1v) is 9.46. The average molecular weight is 368 g/mol. The molecule has 1 amide bonds. The molecule has 6 heteroatoms. The molecular formula is C21H28N4O2. The molecule has 0 radical (unpaired) electrons. The standard InChI is InChI=1S/C21H28N4O2/c1-17(24(2)12-9-18-7-10-22-11-8-18)21(26)23-19-3-5-20(6-4-19)25-13-15-27-16-14-25/h3-8,10-11,17H,9,12-16H2,1-2H3,(H,23,26)/t17-/m1/s1. The van der Waals surface area contributed by atoms with Gasteiger partial charge in [0.15, 0.2) is 0 Å². The van der Waals surface area contributed by atoms with Crippen molar-refractivity contribution in [1.29, 1.82) is 0 Å². The van der Waals surface area contributed by atoms with Gasteiger partial charge in [0, 0.05) is 43.4 Å². The van der Waals surface area contributed by atoms with Gasteiger partial charge in [-0.2, -0.15) is 0 Å². The van der Waals surface area contributed by atoms with Crippen LogP contribution in [0.25, 0.3) is 0 Å². The van der Waals surface area contributed by atoms with Crippen molar-refractivity contribution in [2.24, 2.45) is 0 Å². The van der Waals surface area contributed by atoms with Crippen molar-refractivity contribution in [3.8, 4) is 0 Å². The Bertz CT molecular complexity index is 715. The zero-order chi connectivity index (χ0) is 19.1. The van der Waals surface area contributed by atoms with Gasteiger partial charge >= 0.3 is 0 Å². The van der Waals surface area contributed by atoms with Crippen LogP contribution in [0.3, 0.4) is 0 Å². The molecule has 0 aliphatic carbocycles. The zero-order valence-corrected chi connectivity index (χ0v) is 16.1. The number of rotatable bonds is 7. The topological polar surface area (TPSA) is 57.7 Å². The Balaban J connectivity index is 1.49. The molecule has 0 spiro atoms. The number of likely N-dealkylation sites (N-methyl/N-ethyl adjacent to an activating group) is 1. The number of ether oxygens (including phenoxy) is 1. The maximum atomic E-state index is 12.6. The monoisotopic (exact) mass is 368 g/mol. The Hall–Kier alpha value is -2.44. The number of hydrogen-bond acceptors (Lipinski definition) is 5. The fourth-order valence-corrected chi connectivity index (χ4v) is 3.07. The van der Waals surface area contributed by atoms with E-state index in [0.717, 1.165) is 45.0 Å². The van der Waals surface area contributed by atoms with Crippen molar-refractivity contribution in [2.45, 2.75) is 19.4 Å². The number of morpholine rings is 1. The van der Waals surface area contributed by atoms with E-state index in [1.807, 2.05) is 38.2 Å². The van der Waals surface area contributed by atoms with Gasteiger partial charge in [-0.05, 0) is 62.4 Å². The van der Waals surface area contributed by atoms with E-state index < -0.39 is 0 Å². The molecule has 1 aromatic heterocycles. The molecule has 1 N–H and O–H groups in total. The molecule has 27 heavy (non-hydrogen) atoms. The van der Waals surface area contributed by atoms with Crippen LogP contribution in [-0.4, -0.2) is 61.7 Å². The van der Waals surface area contributed by atoms with E-state index in [1.54, 1.807) is 12.4 Å². The second kappa shape index (κ2) is 9.48. The molecule has 1 atom stereocenters. The summed E-state index contributed by atoms with van der Waals surface area (Å²) >= 11 is 0. The summed E-state index contributed by atoms with van der Waals surface area (Å²) in [5, 5.41) is 3.02. The van der Waals surface area contributed by atoms with Crippen LogP contribution in [0.2, 0.25) is 0 Å². The van der Waals surface area contributed by atoms with E-state index in [2.05, 4.69) is 32.2 Å². The predicted molar refractivity (Wildman–Crippen MR) is 108 cm³/mol. The van der Waals surface area contributed by atoms with Gasteiger partial charge in [0.2, 0.25) is 5.91 Å². The molecular weight excluding hydrogens is 340 g/mol. The first-order valence-electron chi connectivity index (χ1n) is 9.46. The summed E-state index contributed by atoms with van der Waals surface area (Å²) in [5.74, 6) is 0.00588. The Morgan fingerprint density at radius 3 is 2.52 bits per heavy atom. The summed E-state index contributed by atoms with van der Waals surface area (Å²) in [4.78, 5) is 21.0. The number of pyridine rings is 1. The number of hydrogen-bond donors (Lipinski definition) is 1. The van der Waals surface area contributed by atoms with Crippen molar-refractivity contribution in [3.63, 3.8) is 0 Å². The highest BCUT2D eigenvalue weighted by molar-refractivity contribution is 5.94. The summed E-state index contributed by atoms with van der Waals surface area (Å²) < 4.78 is 5.39. The maximum absolute atomic E-state index is 12.6. The number of carbonyl (C=O) groups excluding carboxylic acids is 1. The normalized spacial score (nSPS) is 15.6. The third-order valence-corrected chi connectivity index (χ3v) is 5.05. The van der Waals surface area contributed by atoms with E-state index in [0.29, 0.717) is 0 Å². The van der Waals surface area contributed by atoms with Crippen molar-refractivity contribution in [3.05, 3.63) is 54.4 Å². The molecule has 0 saturated carbocycles. The molecule has 1 aliphatic heterocycles. The molecule has 3 rings (SSSR count). The zero-order valence-electron chi connectivity index (χ0n) is 16.1. The predicted octanol–water partition coefficient (Wildman–Crippen LogP) is 2.42. The lowest BCUT2D eigenvalue weighted by Crippen LogP contribution is -2.40. The fraction of sp³-hybridized carbons (Fsp3) is 0.429. The minimum atomic E-state index is -0.203. The van der Waals surface area contributed by atoms with Crippen LogP contribution in [0.5, 0.6) is 0 Å². The summed E-state index contributed by atoms with van der Waals surface area (Å²) in [6.07, 6.45) is 4.49. The highest BCUT2D eigenvalue weighted by atomic mass is 16.5. The molecule has 2 heterocycles. The lowest BCUT2D eigenvalue weighted by Gasteiger charge is -2.29.